The molecule has 1 N–H and O–H groups in total. The Morgan fingerprint density at radius 1 is 1.31 bits per heavy atom. The van der Waals surface area contributed by atoms with E-state index in [0.29, 0.717) is 17.8 Å². The van der Waals surface area contributed by atoms with Gasteiger partial charge in [-0.2, -0.15) is 0 Å². The zero-order valence-electron chi connectivity index (χ0n) is 14.7. The molecule has 1 fully saturated rings. The third-order valence-corrected chi connectivity index (χ3v) is 5.23. The number of carbonyl (C=O) groups excluding carboxylic acids is 2. The van der Waals surface area contributed by atoms with E-state index in [9.17, 15) is 9.59 Å². The van der Waals surface area contributed by atoms with E-state index in [1.165, 1.54) is 0 Å². The number of benzene rings is 1. The summed E-state index contributed by atoms with van der Waals surface area (Å²) in [5.74, 6) is 0.216. The molecule has 1 saturated carbocycles. The fraction of sp³-hybridized carbons (Fsp3) is 0.421. The van der Waals surface area contributed by atoms with Crippen LogP contribution in [-0.2, 0) is 17.7 Å². The van der Waals surface area contributed by atoms with Gasteiger partial charge in [0.1, 0.15) is 12.4 Å². The molecule has 0 atom stereocenters. The van der Waals surface area contributed by atoms with Gasteiger partial charge in [-0.15, -0.1) is 0 Å². The second-order valence-corrected chi connectivity index (χ2v) is 6.89. The Hall–Kier alpha value is -2.67. The van der Waals surface area contributed by atoms with E-state index in [4.69, 9.17) is 9.26 Å². The Bertz CT molecular complexity index is 827. The van der Waals surface area contributed by atoms with Gasteiger partial charge in [0.2, 0.25) is 0 Å². The highest BCUT2D eigenvalue weighted by Gasteiger charge is 2.50. The number of rotatable bonds is 5. The van der Waals surface area contributed by atoms with Crippen LogP contribution in [0.25, 0.3) is 0 Å². The number of carbonyl (C=O) groups is 2. The van der Waals surface area contributed by atoms with Gasteiger partial charge in [0.05, 0.1) is 11.1 Å². The first kappa shape index (κ1) is 16.8. The summed E-state index contributed by atoms with van der Waals surface area (Å²) in [4.78, 5) is 26.7. The van der Waals surface area contributed by atoms with Crippen LogP contribution in [-0.4, -0.2) is 47.7 Å². The third kappa shape index (κ3) is 2.99. The summed E-state index contributed by atoms with van der Waals surface area (Å²) in [5.41, 5.74) is 1.25. The van der Waals surface area contributed by atoms with Crippen LogP contribution in [0.5, 0.6) is 0 Å². The molecule has 1 aliphatic heterocycles. The molecule has 2 aromatic rings. The van der Waals surface area contributed by atoms with Gasteiger partial charge in [0.25, 0.3) is 5.91 Å². The van der Waals surface area contributed by atoms with Crippen LogP contribution in [0.3, 0.4) is 0 Å². The summed E-state index contributed by atoms with van der Waals surface area (Å²) in [6.45, 7) is 1.59. The number of nitrogens with zero attached hydrogens (tertiary/aromatic N) is 2. The van der Waals surface area contributed by atoms with Gasteiger partial charge in [-0.1, -0.05) is 23.4 Å². The van der Waals surface area contributed by atoms with E-state index in [2.05, 4.69) is 10.5 Å². The molecule has 1 aliphatic carbocycles. The number of esters is 1. The minimum absolute atomic E-state index is 0.182. The highest BCUT2D eigenvalue weighted by atomic mass is 16.5. The van der Waals surface area contributed by atoms with Crippen molar-refractivity contribution in [3.63, 3.8) is 0 Å². The van der Waals surface area contributed by atoms with Crippen molar-refractivity contribution in [3.8, 4) is 0 Å². The van der Waals surface area contributed by atoms with Gasteiger partial charge in [0, 0.05) is 32.1 Å². The fourth-order valence-electron chi connectivity index (χ4n) is 3.26. The minimum Gasteiger partial charge on any atom is -0.460 e. The summed E-state index contributed by atoms with van der Waals surface area (Å²) in [6.07, 6.45) is 2.34. The van der Waals surface area contributed by atoms with E-state index in [1.54, 1.807) is 36.2 Å². The lowest BCUT2D eigenvalue weighted by Gasteiger charge is -2.27. The van der Waals surface area contributed by atoms with Gasteiger partial charge in [0.15, 0.2) is 5.69 Å². The molecule has 1 aromatic carbocycles. The molecular formula is C19H21N3O4. The third-order valence-electron chi connectivity index (χ3n) is 5.23. The van der Waals surface area contributed by atoms with Crippen LogP contribution in [0.1, 0.15) is 45.0 Å². The van der Waals surface area contributed by atoms with Gasteiger partial charge < -0.3 is 19.5 Å². The van der Waals surface area contributed by atoms with Crippen molar-refractivity contribution < 1.29 is 18.8 Å². The van der Waals surface area contributed by atoms with Crippen LogP contribution < -0.4 is 5.32 Å². The fourth-order valence-corrected chi connectivity index (χ4v) is 3.26. The summed E-state index contributed by atoms with van der Waals surface area (Å²) in [7, 11) is 1.74. The van der Waals surface area contributed by atoms with Crippen molar-refractivity contribution in [3.05, 3.63) is 52.9 Å². The largest absolute Gasteiger partial charge is 0.460 e. The first-order chi connectivity index (χ1) is 12.6. The van der Waals surface area contributed by atoms with Crippen molar-refractivity contribution in [2.45, 2.75) is 31.3 Å². The molecule has 7 nitrogen and oxygen atoms in total. The predicted molar refractivity (Wildman–Crippen MR) is 92.7 cm³/mol. The van der Waals surface area contributed by atoms with E-state index < -0.39 is 5.54 Å². The Balaban J connectivity index is 1.44. The number of amides is 1. The highest BCUT2D eigenvalue weighted by molar-refractivity contribution is 5.94. The van der Waals surface area contributed by atoms with Crippen LogP contribution in [0.2, 0.25) is 0 Å². The lowest BCUT2D eigenvalue weighted by atomic mass is 10.1. The van der Waals surface area contributed by atoms with E-state index in [-0.39, 0.29) is 18.5 Å². The zero-order valence-corrected chi connectivity index (χ0v) is 14.7. The molecule has 0 unspecified atom stereocenters. The second-order valence-electron chi connectivity index (χ2n) is 6.89. The van der Waals surface area contributed by atoms with Crippen LogP contribution in [0.4, 0.5) is 0 Å². The van der Waals surface area contributed by atoms with E-state index >= 15 is 0 Å². The average Bonchev–Trinajstić information content (AvgIpc) is 3.36. The Morgan fingerprint density at radius 2 is 2.08 bits per heavy atom. The molecule has 26 heavy (non-hydrogen) atoms. The molecule has 4 rings (SSSR count). The maximum atomic E-state index is 12.9. The number of aromatic nitrogens is 1. The lowest BCUT2D eigenvalue weighted by Crippen LogP contribution is -2.43. The smallest absolute Gasteiger partial charge is 0.338 e. The zero-order chi connectivity index (χ0) is 18.1. The molecule has 136 valence electrons. The number of ether oxygens (including phenoxy) is 1. The van der Waals surface area contributed by atoms with E-state index in [1.807, 2.05) is 6.07 Å². The standard InChI is InChI=1S/C19H21N3O4/c1-22(17(23)16-14-11-20-10-7-15(14)26-21-16)19(8-9-19)12-25-18(24)13-5-3-2-4-6-13/h2-6,20H,7-12H2,1H3. The Morgan fingerprint density at radius 3 is 2.81 bits per heavy atom. The monoisotopic (exact) mass is 355 g/mol. The lowest BCUT2D eigenvalue weighted by molar-refractivity contribution is 0.0307. The van der Waals surface area contributed by atoms with Gasteiger partial charge in [-0.3, -0.25) is 4.79 Å². The van der Waals surface area contributed by atoms with E-state index in [0.717, 1.165) is 37.1 Å². The molecule has 0 saturated heterocycles. The molecule has 0 radical (unpaired) electrons. The molecule has 0 spiro atoms. The number of hydrogen-bond donors (Lipinski definition) is 1. The van der Waals surface area contributed by atoms with Gasteiger partial charge >= 0.3 is 5.97 Å². The van der Waals surface area contributed by atoms with Crippen molar-refractivity contribution in [2.24, 2.45) is 0 Å². The van der Waals surface area contributed by atoms with Gasteiger partial charge in [-0.05, 0) is 25.0 Å². The normalized spacial score (nSPS) is 17.3. The first-order valence-electron chi connectivity index (χ1n) is 8.79. The summed E-state index contributed by atoms with van der Waals surface area (Å²) in [6, 6.07) is 8.86. The Kier molecular flexibility index (Phi) is 4.24. The summed E-state index contributed by atoms with van der Waals surface area (Å²) < 4.78 is 10.8. The maximum Gasteiger partial charge on any atom is 0.338 e. The summed E-state index contributed by atoms with van der Waals surface area (Å²) >= 11 is 0. The number of nitrogens with one attached hydrogen (secondary N) is 1. The molecule has 0 bridgehead atoms. The van der Waals surface area contributed by atoms with Crippen molar-refractivity contribution >= 4 is 11.9 Å². The quantitative estimate of drug-likeness (QED) is 0.823. The molecular weight excluding hydrogens is 334 g/mol. The second kappa shape index (κ2) is 6.57. The number of likely N-dealkylation sites (N-methyl/N-ethyl adjacent to an activating group) is 1. The van der Waals surface area contributed by atoms with Gasteiger partial charge in [-0.25, -0.2) is 4.79 Å². The van der Waals surface area contributed by atoms with Crippen molar-refractivity contribution in [2.75, 3.05) is 20.2 Å². The topological polar surface area (TPSA) is 84.7 Å². The Labute approximate surface area is 151 Å². The molecule has 7 heteroatoms. The predicted octanol–water partition coefficient (Wildman–Crippen LogP) is 1.78. The average molecular weight is 355 g/mol. The van der Waals surface area contributed by atoms with Crippen molar-refractivity contribution in [1.82, 2.24) is 15.4 Å². The van der Waals surface area contributed by atoms with Crippen LogP contribution in [0, 0.1) is 0 Å². The molecule has 2 aliphatic rings. The maximum absolute atomic E-state index is 12.9. The number of hydrogen-bond acceptors (Lipinski definition) is 6. The minimum atomic E-state index is -0.449. The summed E-state index contributed by atoms with van der Waals surface area (Å²) in [5, 5.41) is 7.22. The molecule has 1 amide bonds. The van der Waals surface area contributed by atoms with Crippen LogP contribution in [0.15, 0.2) is 34.9 Å². The molecule has 2 heterocycles. The SMILES string of the molecule is CN(C(=O)c1noc2c1CNCC2)C1(COC(=O)c2ccccc2)CC1. The van der Waals surface area contributed by atoms with Crippen molar-refractivity contribution in [1.29, 1.82) is 0 Å². The number of fused-ring (bicyclic) bond motifs is 1. The molecule has 1 aromatic heterocycles. The highest BCUT2D eigenvalue weighted by Crippen LogP contribution is 2.42. The first-order valence-corrected chi connectivity index (χ1v) is 8.79. The van der Waals surface area contributed by atoms with Crippen LogP contribution >= 0.6 is 0 Å².